The van der Waals surface area contributed by atoms with E-state index in [1.54, 1.807) is 0 Å². The topological polar surface area (TPSA) is 52.5 Å². The van der Waals surface area contributed by atoms with Crippen molar-refractivity contribution in [3.8, 4) is 0 Å². The van der Waals surface area contributed by atoms with Crippen LogP contribution in [0.5, 0.6) is 0 Å². The van der Waals surface area contributed by atoms with E-state index < -0.39 is 0 Å². The zero-order chi connectivity index (χ0) is 18.5. The molecule has 0 aromatic heterocycles. The summed E-state index contributed by atoms with van der Waals surface area (Å²) in [5.74, 6) is 4.06. The second-order valence-corrected chi connectivity index (χ2v) is 10.8. The van der Waals surface area contributed by atoms with E-state index in [0.29, 0.717) is 22.8 Å². The Morgan fingerprint density at radius 3 is 2.42 bits per heavy atom. The Kier molecular flexibility index (Phi) is 5.20. The molecular weight excluding hydrogens is 322 g/mol. The largest absolute Gasteiger partial charge is 0.395 e. The first kappa shape index (κ1) is 19.2. The Morgan fingerprint density at radius 2 is 1.69 bits per heavy atom. The minimum Gasteiger partial charge on any atom is -0.395 e. The molecule has 3 nitrogen and oxygen atoms in total. The Labute approximate surface area is 160 Å². The van der Waals surface area contributed by atoms with E-state index in [0.717, 1.165) is 30.2 Å². The van der Waals surface area contributed by atoms with Crippen molar-refractivity contribution in [3.63, 3.8) is 0 Å². The molecule has 4 saturated carbocycles. The van der Waals surface area contributed by atoms with Gasteiger partial charge in [0.15, 0.2) is 0 Å². The molecular formula is C23H41NO2. The fraction of sp³-hybridized carbons (Fsp3) is 1.00. The summed E-state index contributed by atoms with van der Waals surface area (Å²) in [4.78, 5) is 0. The van der Waals surface area contributed by atoms with Gasteiger partial charge in [-0.1, -0.05) is 13.8 Å². The number of hydrogen-bond acceptors (Lipinski definition) is 3. The number of rotatable bonds is 4. The number of hydrogen-bond donors (Lipinski definition) is 3. The highest BCUT2D eigenvalue weighted by molar-refractivity contribution is 5.10. The van der Waals surface area contributed by atoms with Crippen molar-refractivity contribution in [2.24, 2.45) is 40.4 Å². The Hall–Kier alpha value is -0.120. The molecule has 0 radical (unpaired) electrons. The first-order valence-electron chi connectivity index (χ1n) is 11.4. The Balaban J connectivity index is 1.50. The normalized spacial score (nSPS) is 52.0. The molecule has 9 atom stereocenters. The van der Waals surface area contributed by atoms with E-state index in [1.165, 1.54) is 57.8 Å². The average Bonchev–Trinajstić information content (AvgIpc) is 2.97. The average molecular weight is 364 g/mol. The van der Waals surface area contributed by atoms with E-state index >= 15 is 0 Å². The van der Waals surface area contributed by atoms with Gasteiger partial charge in [-0.3, -0.25) is 0 Å². The first-order chi connectivity index (χ1) is 12.4. The summed E-state index contributed by atoms with van der Waals surface area (Å²) >= 11 is 0. The molecule has 0 heterocycles. The zero-order valence-corrected chi connectivity index (χ0v) is 17.2. The molecule has 26 heavy (non-hydrogen) atoms. The van der Waals surface area contributed by atoms with Crippen molar-refractivity contribution in [2.75, 3.05) is 13.2 Å². The van der Waals surface area contributed by atoms with Crippen LogP contribution < -0.4 is 5.32 Å². The van der Waals surface area contributed by atoms with Crippen LogP contribution in [0.4, 0.5) is 0 Å². The van der Waals surface area contributed by atoms with Crippen molar-refractivity contribution in [1.29, 1.82) is 0 Å². The van der Waals surface area contributed by atoms with Crippen molar-refractivity contribution in [1.82, 2.24) is 5.32 Å². The van der Waals surface area contributed by atoms with Crippen LogP contribution in [0, 0.1) is 40.4 Å². The van der Waals surface area contributed by atoms with Gasteiger partial charge in [-0.25, -0.2) is 0 Å². The van der Waals surface area contributed by atoms with Crippen molar-refractivity contribution >= 4 is 0 Å². The Bertz CT molecular complexity index is 508. The van der Waals surface area contributed by atoms with Crippen LogP contribution >= 0.6 is 0 Å². The zero-order valence-electron chi connectivity index (χ0n) is 17.2. The molecule has 4 fully saturated rings. The van der Waals surface area contributed by atoms with Crippen LogP contribution in [0.25, 0.3) is 0 Å². The predicted molar refractivity (Wildman–Crippen MR) is 106 cm³/mol. The quantitative estimate of drug-likeness (QED) is 0.708. The molecule has 0 saturated heterocycles. The molecule has 0 amide bonds. The van der Waals surface area contributed by atoms with Gasteiger partial charge < -0.3 is 15.5 Å². The lowest BCUT2D eigenvalue weighted by Gasteiger charge is -2.61. The molecule has 0 aromatic rings. The van der Waals surface area contributed by atoms with Gasteiger partial charge >= 0.3 is 0 Å². The van der Waals surface area contributed by atoms with Crippen LogP contribution in [0.1, 0.15) is 78.6 Å². The summed E-state index contributed by atoms with van der Waals surface area (Å²) in [6.07, 6.45) is 12.0. The monoisotopic (exact) mass is 363 g/mol. The number of nitrogens with one attached hydrogen (secondary N) is 1. The van der Waals surface area contributed by atoms with Crippen molar-refractivity contribution < 1.29 is 10.2 Å². The third kappa shape index (κ3) is 2.88. The number of aliphatic hydroxyl groups is 2. The fourth-order valence-corrected chi connectivity index (χ4v) is 8.55. The van der Waals surface area contributed by atoms with Crippen LogP contribution in [-0.4, -0.2) is 35.5 Å². The van der Waals surface area contributed by atoms with Gasteiger partial charge in [0, 0.05) is 12.6 Å². The molecule has 0 bridgehead atoms. The summed E-state index contributed by atoms with van der Waals surface area (Å²) in [5, 5.41) is 23.1. The number of fused-ring (bicyclic) bond motifs is 5. The Morgan fingerprint density at radius 1 is 0.962 bits per heavy atom. The second-order valence-electron chi connectivity index (χ2n) is 10.8. The molecule has 4 rings (SSSR count). The maximum Gasteiger partial charge on any atom is 0.0556 e. The summed E-state index contributed by atoms with van der Waals surface area (Å²) in [6.45, 7) is 8.18. The molecule has 0 spiro atoms. The van der Waals surface area contributed by atoms with Crippen molar-refractivity contribution in [2.45, 2.75) is 90.7 Å². The molecule has 1 unspecified atom stereocenters. The summed E-state index contributed by atoms with van der Waals surface area (Å²) in [5.41, 5.74) is 0.920. The maximum absolute atomic E-state index is 10.4. The molecule has 0 aliphatic heterocycles. The minimum absolute atomic E-state index is 0.137. The smallest absolute Gasteiger partial charge is 0.0556 e. The van der Waals surface area contributed by atoms with E-state index in [-0.39, 0.29) is 12.7 Å². The second kappa shape index (κ2) is 7.04. The highest BCUT2D eigenvalue weighted by atomic mass is 16.3. The number of aliphatic hydroxyl groups excluding tert-OH is 2. The minimum atomic E-state index is -0.137. The lowest BCUT2D eigenvalue weighted by molar-refractivity contribution is -0.121. The third-order valence-corrected chi connectivity index (χ3v) is 9.87. The van der Waals surface area contributed by atoms with Gasteiger partial charge in [0.1, 0.15) is 0 Å². The van der Waals surface area contributed by atoms with Gasteiger partial charge in [0.05, 0.1) is 12.7 Å². The van der Waals surface area contributed by atoms with Crippen LogP contribution in [-0.2, 0) is 0 Å². The first-order valence-corrected chi connectivity index (χ1v) is 11.4. The molecule has 4 aliphatic carbocycles. The van der Waals surface area contributed by atoms with Crippen LogP contribution in [0.3, 0.4) is 0 Å². The van der Waals surface area contributed by atoms with Crippen LogP contribution in [0.2, 0.25) is 0 Å². The van der Waals surface area contributed by atoms with Gasteiger partial charge in [-0.05, 0) is 105 Å². The summed E-state index contributed by atoms with van der Waals surface area (Å²) in [7, 11) is 0. The highest BCUT2D eigenvalue weighted by Crippen LogP contribution is 2.67. The van der Waals surface area contributed by atoms with E-state index in [4.69, 9.17) is 5.11 Å². The molecule has 4 aliphatic rings. The maximum atomic E-state index is 10.4. The van der Waals surface area contributed by atoms with Gasteiger partial charge in [-0.2, -0.15) is 0 Å². The molecule has 3 N–H and O–H groups in total. The standard InChI is InChI=1S/C23H41NO2/c1-15(26)19-6-7-20-18-5-4-16-14-17(24-12-13-25)8-10-22(16,2)21(18)9-11-23(19,20)3/h15-21,24-26H,4-14H2,1-3H3/t15?,16-,17+,18-,19+,20-,21-,22-,23+/m0/s1. The lowest BCUT2D eigenvalue weighted by atomic mass is 9.44. The molecule has 150 valence electrons. The van der Waals surface area contributed by atoms with Gasteiger partial charge in [-0.15, -0.1) is 0 Å². The highest BCUT2D eigenvalue weighted by Gasteiger charge is 2.60. The summed E-state index contributed by atoms with van der Waals surface area (Å²) < 4.78 is 0. The predicted octanol–water partition coefficient (Wildman–Crippen LogP) is 3.98. The van der Waals surface area contributed by atoms with Crippen LogP contribution in [0.15, 0.2) is 0 Å². The SMILES string of the molecule is CC(O)[C@H]1CC[C@H]2[C@@H]3CC[C@H]4C[C@H](NCCO)CC[C@]4(C)[C@H]3CC[C@]12C. The van der Waals surface area contributed by atoms with E-state index in [2.05, 4.69) is 19.2 Å². The van der Waals surface area contributed by atoms with E-state index in [9.17, 15) is 5.11 Å². The molecule has 3 heteroatoms. The van der Waals surface area contributed by atoms with Crippen molar-refractivity contribution in [3.05, 3.63) is 0 Å². The fourth-order valence-electron chi connectivity index (χ4n) is 8.55. The molecule has 0 aromatic carbocycles. The van der Waals surface area contributed by atoms with E-state index in [1.807, 2.05) is 6.92 Å². The summed E-state index contributed by atoms with van der Waals surface area (Å²) in [6, 6.07) is 0.622. The van der Waals surface area contributed by atoms with Gasteiger partial charge in [0.25, 0.3) is 0 Å². The van der Waals surface area contributed by atoms with Gasteiger partial charge in [0.2, 0.25) is 0 Å². The lowest BCUT2D eigenvalue weighted by Crippen LogP contribution is -2.55. The third-order valence-electron chi connectivity index (χ3n) is 9.87.